The molecule has 0 unspecified atom stereocenters. The highest BCUT2D eigenvalue weighted by molar-refractivity contribution is 5.85. The van der Waals surface area contributed by atoms with Crippen LogP contribution in [0.5, 0.6) is 0 Å². The molecule has 3 N–H and O–H groups in total. The van der Waals surface area contributed by atoms with Crippen molar-refractivity contribution in [2.75, 3.05) is 25.0 Å². The summed E-state index contributed by atoms with van der Waals surface area (Å²) in [6, 6.07) is 6.18. The first-order chi connectivity index (χ1) is 9.43. The number of hydrogen-bond acceptors (Lipinski definition) is 3. The van der Waals surface area contributed by atoms with Crippen molar-refractivity contribution in [3.05, 3.63) is 30.1 Å². The lowest BCUT2D eigenvalue weighted by molar-refractivity contribution is -0.123. The zero-order chi connectivity index (χ0) is 15.1. The lowest BCUT2D eigenvalue weighted by Gasteiger charge is -2.20. The molecule has 0 radical (unpaired) electrons. The van der Waals surface area contributed by atoms with Gasteiger partial charge in [0, 0.05) is 20.1 Å². The molecule has 0 aromatic heterocycles. The fourth-order valence-electron chi connectivity index (χ4n) is 1.83. The molecule has 0 heterocycles. The van der Waals surface area contributed by atoms with E-state index in [4.69, 9.17) is 5.73 Å². The second kappa shape index (κ2) is 9.58. The number of anilines is 1. The Morgan fingerprint density at radius 2 is 2.00 bits per heavy atom. The van der Waals surface area contributed by atoms with Crippen molar-refractivity contribution in [2.45, 2.75) is 26.3 Å². The van der Waals surface area contributed by atoms with Crippen molar-refractivity contribution >= 4 is 24.0 Å². The molecule has 0 saturated heterocycles. The highest BCUT2D eigenvalue weighted by Crippen LogP contribution is 2.16. The second-order valence-electron chi connectivity index (χ2n) is 5.29. The van der Waals surface area contributed by atoms with Crippen molar-refractivity contribution in [3.63, 3.8) is 0 Å². The molecule has 1 rings (SSSR count). The Bertz CT molecular complexity index is 443. The highest BCUT2D eigenvalue weighted by Gasteiger charge is 2.16. The van der Waals surface area contributed by atoms with Gasteiger partial charge in [-0.1, -0.05) is 26.0 Å². The van der Waals surface area contributed by atoms with E-state index >= 15 is 0 Å². The van der Waals surface area contributed by atoms with E-state index in [2.05, 4.69) is 5.32 Å². The number of halogens is 2. The van der Waals surface area contributed by atoms with Gasteiger partial charge in [0.15, 0.2) is 0 Å². The fraction of sp³-hybridized carbons (Fsp3) is 0.533. The van der Waals surface area contributed by atoms with Gasteiger partial charge in [0.1, 0.15) is 5.82 Å². The number of nitrogens with two attached hydrogens (primary N) is 1. The monoisotopic (exact) mass is 317 g/mol. The molecular weight excluding hydrogens is 293 g/mol. The standard InChI is InChI=1S/C15H24FN3O.ClH/c1-11(2)14(17)15(20)18-9-6-10-19(3)13-8-5-4-7-12(13)16;/h4-5,7-8,11,14H,6,9-10,17H2,1-3H3,(H,18,20);1H/t14-;/m0./s1. The largest absolute Gasteiger partial charge is 0.372 e. The third-order valence-corrected chi connectivity index (χ3v) is 3.25. The summed E-state index contributed by atoms with van der Waals surface area (Å²) in [6.07, 6.45) is 0.737. The normalized spacial score (nSPS) is 11.7. The SMILES string of the molecule is CC(C)[C@H](N)C(=O)NCCCN(C)c1ccccc1F.Cl. The molecule has 0 spiro atoms. The minimum atomic E-state index is -0.473. The van der Waals surface area contributed by atoms with Crippen LogP contribution in [0.15, 0.2) is 24.3 Å². The van der Waals surface area contributed by atoms with Crippen LogP contribution in [0.2, 0.25) is 0 Å². The summed E-state index contributed by atoms with van der Waals surface area (Å²) in [5.41, 5.74) is 6.31. The first-order valence-electron chi connectivity index (χ1n) is 6.92. The Labute approximate surface area is 132 Å². The summed E-state index contributed by atoms with van der Waals surface area (Å²) in [6.45, 7) is 5.03. The van der Waals surface area contributed by atoms with E-state index in [0.717, 1.165) is 6.42 Å². The van der Waals surface area contributed by atoms with Crippen LogP contribution < -0.4 is 16.0 Å². The predicted molar refractivity (Wildman–Crippen MR) is 87.4 cm³/mol. The molecule has 120 valence electrons. The molecule has 0 aliphatic carbocycles. The van der Waals surface area contributed by atoms with E-state index < -0.39 is 6.04 Å². The lowest BCUT2D eigenvalue weighted by Crippen LogP contribution is -2.44. The number of carbonyl (C=O) groups is 1. The maximum absolute atomic E-state index is 13.5. The maximum Gasteiger partial charge on any atom is 0.237 e. The number of rotatable bonds is 7. The lowest BCUT2D eigenvalue weighted by atomic mass is 10.1. The summed E-state index contributed by atoms with van der Waals surface area (Å²) >= 11 is 0. The van der Waals surface area contributed by atoms with E-state index in [1.54, 1.807) is 18.2 Å². The second-order valence-corrected chi connectivity index (χ2v) is 5.29. The summed E-state index contributed by atoms with van der Waals surface area (Å²) in [5.74, 6) is -0.245. The van der Waals surface area contributed by atoms with E-state index in [1.807, 2.05) is 25.8 Å². The number of nitrogens with zero attached hydrogens (tertiary/aromatic N) is 1. The van der Waals surface area contributed by atoms with Gasteiger partial charge in [0.2, 0.25) is 5.91 Å². The molecule has 1 amide bonds. The van der Waals surface area contributed by atoms with E-state index in [-0.39, 0.29) is 30.0 Å². The van der Waals surface area contributed by atoms with Gasteiger partial charge >= 0.3 is 0 Å². The van der Waals surface area contributed by atoms with E-state index in [0.29, 0.717) is 18.8 Å². The molecule has 0 fully saturated rings. The number of amides is 1. The van der Waals surface area contributed by atoms with Gasteiger partial charge in [-0.2, -0.15) is 0 Å². The average molecular weight is 318 g/mol. The van der Waals surface area contributed by atoms with Gasteiger partial charge in [0.25, 0.3) is 0 Å². The molecule has 6 heteroatoms. The Kier molecular flexibility index (Phi) is 8.97. The van der Waals surface area contributed by atoms with E-state index in [9.17, 15) is 9.18 Å². The van der Waals surface area contributed by atoms with Crippen LogP contribution in [0.4, 0.5) is 10.1 Å². The van der Waals surface area contributed by atoms with Crippen LogP contribution in [-0.4, -0.2) is 32.1 Å². The highest BCUT2D eigenvalue weighted by atomic mass is 35.5. The number of benzene rings is 1. The van der Waals surface area contributed by atoms with Crippen LogP contribution in [0.3, 0.4) is 0 Å². The minimum absolute atomic E-state index is 0. The van der Waals surface area contributed by atoms with Crippen molar-refractivity contribution < 1.29 is 9.18 Å². The molecule has 0 aliphatic rings. The van der Waals surface area contributed by atoms with Gasteiger partial charge in [-0.25, -0.2) is 4.39 Å². The minimum Gasteiger partial charge on any atom is -0.372 e. The average Bonchev–Trinajstić information content (AvgIpc) is 2.42. The van der Waals surface area contributed by atoms with Crippen molar-refractivity contribution in [2.24, 2.45) is 11.7 Å². The van der Waals surface area contributed by atoms with Crippen molar-refractivity contribution in [1.82, 2.24) is 5.32 Å². The van der Waals surface area contributed by atoms with Crippen LogP contribution in [0, 0.1) is 11.7 Å². The number of nitrogens with one attached hydrogen (secondary N) is 1. The van der Waals surface area contributed by atoms with Gasteiger partial charge in [-0.05, 0) is 24.5 Å². The fourth-order valence-corrected chi connectivity index (χ4v) is 1.83. The first-order valence-corrected chi connectivity index (χ1v) is 6.92. The molecule has 0 saturated carbocycles. The van der Waals surface area contributed by atoms with Crippen LogP contribution in [-0.2, 0) is 4.79 Å². The van der Waals surface area contributed by atoms with Gasteiger partial charge in [-0.15, -0.1) is 12.4 Å². The van der Waals surface area contributed by atoms with Crippen LogP contribution in [0.25, 0.3) is 0 Å². The molecule has 0 aliphatic heterocycles. The number of hydrogen-bond donors (Lipinski definition) is 2. The summed E-state index contributed by atoms with van der Waals surface area (Å²) in [5, 5.41) is 2.80. The first kappa shape index (κ1) is 19.7. The zero-order valence-electron chi connectivity index (χ0n) is 12.8. The van der Waals surface area contributed by atoms with E-state index in [1.165, 1.54) is 6.07 Å². The summed E-state index contributed by atoms with van der Waals surface area (Å²) in [7, 11) is 1.83. The molecule has 21 heavy (non-hydrogen) atoms. The van der Waals surface area contributed by atoms with Crippen LogP contribution in [0.1, 0.15) is 20.3 Å². The topological polar surface area (TPSA) is 58.4 Å². The van der Waals surface area contributed by atoms with Crippen molar-refractivity contribution in [1.29, 1.82) is 0 Å². The molecule has 1 aromatic rings. The Morgan fingerprint density at radius 3 is 2.57 bits per heavy atom. The van der Waals surface area contributed by atoms with Crippen molar-refractivity contribution in [3.8, 4) is 0 Å². The Hall–Kier alpha value is -1.33. The molecule has 1 atom stereocenters. The summed E-state index contributed by atoms with van der Waals surface area (Å²) in [4.78, 5) is 13.5. The van der Waals surface area contributed by atoms with Gasteiger partial charge in [0.05, 0.1) is 11.7 Å². The smallest absolute Gasteiger partial charge is 0.237 e. The third-order valence-electron chi connectivity index (χ3n) is 3.25. The zero-order valence-corrected chi connectivity index (χ0v) is 13.6. The van der Waals surface area contributed by atoms with Gasteiger partial charge < -0.3 is 16.0 Å². The quantitative estimate of drug-likeness (QED) is 0.758. The summed E-state index contributed by atoms with van der Waals surface area (Å²) < 4.78 is 13.5. The Balaban J connectivity index is 0.00000400. The third kappa shape index (κ3) is 6.31. The molecule has 4 nitrogen and oxygen atoms in total. The maximum atomic E-state index is 13.5. The molecular formula is C15H25ClFN3O. The number of para-hydroxylation sites is 1. The van der Waals surface area contributed by atoms with Gasteiger partial charge in [-0.3, -0.25) is 4.79 Å². The number of carbonyl (C=O) groups excluding carboxylic acids is 1. The predicted octanol–water partition coefficient (Wildman–Crippen LogP) is 2.17. The van der Waals surface area contributed by atoms with Crippen LogP contribution >= 0.6 is 12.4 Å². The molecule has 0 bridgehead atoms. The Morgan fingerprint density at radius 1 is 1.38 bits per heavy atom. The molecule has 1 aromatic carbocycles.